The molecule has 0 atom stereocenters. The summed E-state index contributed by atoms with van der Waals surface area (Å²) in [5, 5.41) is 8.35. The van der Waals surface area contributed by atoms with E-state index in [9.17, 15) is 13.2 Å². The Hall–Kier alpha value is -1.76. The maximum absolute atomic E-state index is 13.2. The Kier molecular flexibility index (Phi) is 6.70. The van der Waals surface area contributed by atoms with Gasteiger partial charge in [0, 0.05) is 0 Å². The second-order valence-corrected chi connectivity index (χ2v) is 6.42. The van der Waals surface area contributed by atoms with Gasteiger partial charge in [0.1, 0.15) is 6.07 Å². The van der Waals surface area contributed by atoms with Crippen LogP contribution >= 0.6 is 0 Å². The zero-order valence-corrected chi connectivity index (χ0v) is 13.2. The predicted molar refractivity (Wildman–Crippen MR) is 84.2 cm³/mol. The van der Waals surface area contributed by atoms with Crippen LogP contribution in [0.2, 0.25) is 0 Å². The predicted octanol–water partition coefficient (Wildman–Crippen LogP) is 5.86. The third kappa shape index (κ3) is 5.74. The lowest BCUT2D eigenvalue weighted by Crippen LogP contribution is -2.15. The summed E-state index contributed by atoms with van der Waals surface area (Å²) in [6.45, 7) is 0. The van der Waals surface area contributed by atoms with Gasteiger partial charge in [0.25, 0.3) is 0 Å². The van der Waals surface area contributed by atoms with Crippen LogP contribution in [0, 0.1) is 34.8 Å². The second kappa shape index (κ2) is 8.76. The summed E-state index contributed by atoms with van der Waals surface area (Å²) >= 11 is 0. The standard InChI is InChI=1S/C19H22F3N/c20-17(13-23)3-1-2-14-4-6-15(7-5-14)8-9-16-10-11-18(21)19(22)12-16/h3,10-12,14-15H,1-2,4-9H2. The minimum atomic E-state index is -0.795. The van der Waals surface area contributed by atoms with Gasteiger partial charge in [-0.1, -0.05) is 31.7 Å². The van der Waals surface area contributed by atoms with Crippen molar-refractivity contribution < 1.29 is 13.2 Å². The zero-order valence-electron chi connectivity index (χ0n) is 13.2. The average Bonchev–Trinajstić information content (AvgIpc) is 2.57. The first-order valence-electron chi connectivity index (χ1n) is 8.28. The fraction of sp³-hybridized carbons (Fsp3) is 0.526. The number of nitriles is 1. The first-order valence-corrected chi connectivity index (χ1v) is 8.28. The molecule has 1 saturated carbocycles. The molecular formula is C19H22F3N. The van der Waals surface area contributed by atoms with Gasteiger partial charge < -0.3 is 0 Å². The molecule has 0 heterocycles. The highest BCUT2D eigenvalue weighted by atomic mass is 19.2. The van der Waals surface area contributed by atoms with E-state index < -0.39 is 17.5 Å². The van der Waals surface area contributed by atoms with E-state index in [1.54, 1.807) is 6.07 Å². The van der Waals surface area contributed by atoms with Crippen LogP contribution in [0.15, 0.2) is 30.1 Å². The largest absolute Gasteiger partial charge is 0.204 e. The molecule has 2 rings (SSSR count). The first kappa shape index (κ1) is 17.6. The van der Waals surface area contributed by atoms with Gasteiger partial charge in [0.2, 0.25) is 0 Å². The quantitative estimate of drug-likeness (QED) is 0.602. The van der Waals surface area contributed by atoms with Gasteiger partial charge in [-0.25, -0.2) is 8.78 Å². The highest BCUT2D eigenvalue weighted by Gasteiger charge is 2.20. The fourth-order valence-electron chi connectivity index (χ4n) is 3.37. The number of nitrogens with zero attached hydrogens (tertiary/aromatic N) is 1. The molecule has 1 aliphatic carbocycles. The van der Waals surface area contributed by atoms with Crippen molar-refractivity contribution in [2.45, 2.75) is 51.4 Å². The van der Waals surface area contributed by atoms with E-state index in [4.69, 9.17) is 5.26 Å². The van der Waals surface area contributed by atoms with Crippen molar-refractivity contribution in [3.05, 3.63) is 47.3 Å². The topological polar surface area (TPSA) is 23.8 Å². The Morgan fingerprint density at radius 2 is 1.74 bits per heavy atom. The number of rotatable bonds is 6. The lowest BCUT2D eigenvalue weighted by atomic mass is 9.78. The smallest absolute Gasteiger partial charge is 0.196 e. The van der Waals surface area contributed by atoms with E-state index in [2.05, 4.69) is 0 Å². The van der Waals surface area contributed by atoms with Gasteiger partial charge in [-0.15, -0.1) is 0 Å². The van der Waals surface area contributed by atoms with Crippen LogP contribution in [0.3, 0.4) is 0 Å². The lowest BCUT2D eigenvalue weighted by molar-refractivity contribution is 0.254. The van der Waals surface area contributed by atoms with E-state index in [0.717, 1.165) is 50.5 Å². The Morgan fingerprint density at radius 3 is 2.35 bits per heavy atom. The fourth-order valence-corrected chi connectivity index (χ4v) is 3.37. The second-order valence-electron chi connectivity index (χ2n) is 6.42. The Morgan fingerprint density at radius 1 is 1.09 bits per heavy atom. The van der Waals surface area contributed by atoms with Gasteiger partial charge in [-0.2, -0.15) is 9.65 Å². The number of aryl methyl sites for hydroxylation is 1. The van der Waals surface area contributed by atoms with E-state index >= 15 is 0 Å². The SMILES string of the molecule is N#CC(F)=CCCC1CCC(CCc2ccc(F)c(F)c2)CC1. The van der Waals surface area contributed by atoms with E-state index in [1.165, 1.54) is 24.3 Å². The molecule has 1 aliphatic rings. The first-order chi connectivity index (χ1) is 11.1. The van der Waals surface area contributed by atoms with Crippen LogP contribution in [0.25, 0.3) is 0 Å². The molecule has 23 heavy (non-hydrogen) atoms. The summed E-state index contributed by atoms with van der Waals surface area (Å²) in [5.74, 6) is -1.02. The summed E-state index contributed by atoms with van der Waals surface area (Å²) < 4.78 is 38.8. The number of benzene rings is 1. The molecule has 1 aromatic carbocycles. The molecule has 0 saturated heterocycles. The molecule has 1 fully saturated rings. The minimum absolute atomic E-state index is 0.609. The maximum atomic E-state index is 13.2. The van der Waals surface area contributed by atoms with Crippen molar-refractivity contribution in [2.24, 2.45) is 11.8 Å². The molecule has 124 valence electrons. The zero-order chi connectivity index (χ0) is 16.7. The molecule has 0 aliphatic heterocycles. The highest BCUT2D eigenvalue weighted by Crippen LogP contribution is 2.34. The number of halogens is 3. The van der Waals surface area contributed by atoms with Gasteiger partial charge in [0.15, 0.2) is 17.5 Å². The number of hydrogen-bond donors (Lipinski definition) is 0. The van der Waals surface area contributed by atoms with Crippen molar-refractivity contribution in [2.75, 3.05) is 0 Å². The lowest BCUT2D eigenvalue weighted by Gasteiger charge is -2.28. The number of allylic oxidation sites excluding steroid dienone is 2. The van der Waals surface area contributed by atoms with Gasteiger partial charge in [0.05, 0.1) is 0 Å². The molecule has 0 bridgehead atoms. The van der Waals surface area contributed by atoms with Crippen LogP contribution in [0.5, 0.6) is 0 Å². The van der Waals surface area contributed by atoms with Crippen molar-refractivity contribution in [3.63, 3.8) is 0 Å². The molecule has 4 heteroatoms. The van der Waals surface area contributed by atoms with Gasteiger partial charge >= 0.3 is 0 Å². The maximum Gasteiger partial charge on any atom is 0.196 e. The molecule has 1 nitrogen and oxygen atoms in total. The van der Waals surface area contributed by atoms with Crippen LogP contribution in [-0.2, 0) is 6.42 Å². The molecule has 0 aromatic heterocycles. The van der Waals surface area contributed by atoms with Crippen molar-refractivity contribution in [1.82, 2.24) is 0 Å². The summed E-state index contributed by atoms with van der Waals surface area (Å²) in [6.07, 6.45) is 9.25. The third-order valence-electron chi connectivity index (χ3n) is 4.80. The van der Waals surface area contributed by atoms with Crippen LogP contribution in [0.4, 0.5) is 13.2 Å². The minimum Gasteiger partial charge on any atom is -0.204 e. The Balaban J connectivity index is 1.68. The van der Waals surface area contributed by atoms with E-state index in [-0.39, 0.29) is 0 Å². The summed E-state index contributed by atoms with van der Waals surface area (Å²) in [5.41, 5.74) is 0.850. The Bertz CT molecular complexity index is 581. The van der Waals surface area contributed by atoms with Gasteiger partial charge in [-0.05, 0) is 61.3 Å². The molecule has 0 unspecified atom stereocenters. The number of hydrogen-bond acceptors (Lipinski definition) is 1. The van der Waals surface area contributed by atoms with Crippen molar-refractivity contribution in [1.29, 1.82) is 5.26 Å². The normalized spacial score (nSPS) is 21.9. The van der Waals surface area contributed by atoms with E-state index in [0.29, 0.717) is 18.3 Å². The van der Waals surface area contributed by atoms with Crippen LogP contribution < -0.4 is 0 Å². The van der Waals surface area contributed by atoms with Crippen molar-refractivity contribution >= 4 is 0 Å². The monoisotopic (exact) mass is 321 g/mol. The molecule has 0 N–H and O–H groups in total. The average molecular weight is 321 g/mol. The molecular weight excluding hydrogens is 299 g/mol. The summed E-state index contributed by atoms with van der Waals surface area (Å²) in [4.78, 5) is 0. The molecule has 0 amide bonds. The van der Waals surface area contributed by atoms with Gasteiger partial charge in [-0.3, -0.25) is 0 Å². The molecule has 0 radical (unpaired) electrons. The summed E-state index contributed by atoms with van der Waals surface area (Å²) in [6, 6.07) is 5.63. The van der Waals surface area contributed by atoms with Crippen LogP contribution in [-0.4, -0.2) is 0 Å². The molecule has 1 aromatic rings. The van der Waals surface area contributed by atoms with Crippen molar-refractivity contribution in [3.8, 4) is 6.07 Å². The Labute approximate surface area is 135 Å². The summed E-state index contributed by atoms with van der Waals surface area (Å²) in [7, 11) is 0. The van der Waals surface area contributed by atoms with Crippen LogP contribution in [0.1, 0.15) is 50.5 Å². The third-order valence-corrected chi connectivity index (χ3v) is 4.80. The molecule has 0 spiro atoms. The van der Waals surface area contributed by atoms with E-state index in [1.807, 2.05) is 0 Å². The highest BCUT2D eigenvalue weighted by molar-refractivity contribution is 5.17.